The first-order valence-corrected chi connectivity index (χ1v) is 8.35. The Bertz CT molecular complexity index is 886. The zero-order valence-electron chi connectivity index (χ0n) is 10.8. The van der Waals surface area contributed by atoms with Crippen molar-refractivity contribution in [2.75, 3.05) is 5.73 Å². The van der Waals surface area contributed by atoms with Gasteiger partial charge in [-0.25, -0.2) is 18.5 Å². The highest BCUT2D eigenvalue weighted by Crippen LogP contribution is 2.32. The molecule has 0 unspecified atom stereocenters. The van der Waals surface area contributed by atoms with E-state index in [1.54, 1.807) is 0 Å². The highest BCUT2D eigenvalue weighted by molar-refractivity contribution is 7.99. The summed E-state index contributed by atoms with van der Waals surface area (Å²) < 4.78 is 22.8. The SMILES string of the molecule is Nc1ccc(S(N)(=O)=O)cc1Sc1nc2ccccc2[nH]1. The fourth-order valence-corrected chi connectivity index (χ4v) is 3.36. The molecule has 1 heterocycles. The van der Waals surface area contributed by atoms with Crippen molar-refractivity contribution < 1.29 is 8.42 Å². The number of hydrogen-bond acceptors (Lipinski definition) is 5. The molecule has 0 aliphatic carbocycles. The third-order valence-corrected chi connectivity index (χ3v) is 4.76. The Balaban J connectivity index is 2.01. The lowest BCUT2D eigenvalue weighted by Crippen LogP contribution is -2.12. The number of hydrogen-bond donors (Lipinski definition) is 3. The van der Waals surface area contributed by atoms with E-state index in [9.17, 15) is 8.42 Å². The number of nitrogens with two attached hydrogens (primary N) is 2. The summed E-state index contributed by atoms with van der Waals surface area (Å²) in [6.07, 6.45) is 0. The van der Waals surface area contributed by atoms with Gasteiger partial charge in [0.25, 0.3) is 0 Å². The molecule has 2 aromatic carbocycles. The molecular formula is C13H12N4O2S2. The molecule has 0 aliphatic heterocycles. The van der Waals surface area contributed by atoms with E-state index in [1.165, 1.54) is 30.0 Å². The number of benzene rings is 2. The highest BCUT2D eigenvalue weighted by atomic mass is 32.2. The number of nitrogens with one attached hydrogen (secondary N) is 1. The third-order valence-electron chi connectivity index (χ3n) is 2.89. The van der Waals surface area contributed by atoms with Crippen LogP contribution in [0.1, 0.15) is 0 Å². The maximum absolute atomic E-state index is 11.4. The van der Waals surface area contributed by atoms with Crippen molar-refractivity contribution in [2.45, 2.75) is 14.9 Å². The molecule has 0 saturated carbocycles. The number of imidazole rings is 1. The number of primary sulfonamides is 1. The van der Waals surface area contributed by atoms with Gasteiger partial charge >= 0.3 is 0 Å². The minimum Gasteiger partial charge on any atom is -0.398 e. The second-order valence-electron chi connectivity index (χ2n) is 4.41. The summed E-state index contributed by atoms with van der Waals surface area (Å²) in [5.41, 5.74) is 8.08. The number of rotatable bonds is 3. The van der Waals surface area contributed by atoms with Gasteiger partial charge < -0.3 is 10.7 Å². The van der Waals surface area contributed by atoms with Gasteiger partial charge in [-0.3, -0.25) is 0 Å². The molecular weight excluding hydrogens is 308 g/mol. The van der Waals surface area contributed by atoms with Crippen LogP contribution in [0, 0.1) is 0 Å². The van der Waals surface area contributed by atoms with Gasteiger partial charge in [-0.05, 0) is 42.1 Å². The predicted octanol–water partition coefficient (Wildman–Crippen LogP) is 1.94. The summed E-state index contributed by atoms with van der Waals surface area (Å²) >= 11 is 1.26. The van der Waals surface area contributed by atoms with Crippen LogP contribution < -0.4 is 10.9 Å². The number of nitrogens with zero attached hydrogens (tertiary/aromatic N) is 1. The van der Waals surface area contributed by atoms with Crippen molar-refractivity contribution in [1.29, 1.82) is 0 Å². The van der Waals surface area contributed by atoms with E-state index in [0.29, 0.717) is 15.7 Å². The minimum absolute atomic E-state index is 0.0234. The van der Waals surface area contributed by atoms with E-state index in [4.69, 9.17) is 10.9 Å². The van der Waals surface area contributed by atoms with Crippen LogP contribution in [0.5, 0.6) is 0 Å². The zero-order chi connectivity index (χ0) is 15.0. The predicted molar refractivity (Wildman–Crippen MR) is 82.4 cm³/mol. The molecule has 21 heavy (non-hydrogen) atoms. The van der Waals surface area contributed by atoms with E-state index in [1.807, 2.05) is 24.3 Å². The van der Waals surface area contributed by atoms with Crippen molar-refractivity contribution in [2.24, 2.45) is 5.14 Å². The quantitative estimate of drug-likeness (QED) is 0.638. The van der Waals surface area contributed by atoms with Crippen LogP contribution in [0.25, 0.3) is 11.0 Å². The van der Waals surface area contributed by atoms with Crippen LogP contribution in [0.3, 0.4) is 0 Å². The van der Waals surface area contributed by atoms with Crippen LogP contribution in [0.2, 0.25) is 0 Å². The Hall–Kier alpha value is -2.03. The minimum atomic E-state index is -3.76. The standard InChI is InChI=1S/C13H12N4O2S2/c14-9-6-5-8(21(15,18)19)7-12(9)20-13-16-10-3-1-2-4-11(10)17-13/h1-7H,14H2,(H,16,17)(H2,15,18,19). The number of aromatic nitrogens is 2. The summed E-state index contributed by atoms with van der Waals surface area (Å²) in [7, 11) is -3.76. The van der Waals surface area contributed by atoms with Crippen LogP contribution in [-0.2, 0) is 10.0 Å². The van der Waals surface area contributed by atoms with Gasteiger partial charge in [-0.1, -0.05) is 12.1 Å². The lowest BCUT2D eigenvalue weighted by Gasteiger charge is -2.05. The van der Waals surface area contributed by atoms with Crippen LogP contribution in [0.4, 0.5) is 5.69 Å². The topological polar surface area (TPSA) is 115 Å². The van der Waals surface area contributed by atoms with E-state index >= 15 is 0 Å². The lowest BCUT2D eigenvalue weighted by atomic mass is 10.3. The van der Waals surface area contributed by atoms with Crippen LogP contribution in [0.15, 0.2) is 57.4 Å². The molecule has 5 N–H and O–H groups in total. The summed E-state index contributed by atoms with van der Waals surface area (Å²) in [6.45, 7) is 0. The molecule has 0 amide bonds. The molecule has 3 rings (SSSR count). The van der Waals surface area contributed by atoms with Crippen molar-refractivity contribution in [1.82, 2.24) is 9.97 Å². The van der Waals surface area contributed by atoms with E-state index in [0.717, 1.165) is 11.0 Å². The number of sulfonamides is 1. The normalized spacial score (nSPS) is 11.9. The molecule has 0 radical (unpaired) electrons. The van der Waals surface area contributed by atoms with Gasteiger partial charge in [-0.15, -0.1) is 0 Å². The molecule has 0 aliphatic rings. The van der Waals surface area contributed by atoms with Crippen molar-refractivity contribution in [3.8, 4) is 0 Å². The van der Waals surface area contributed by atoms with Gasteiger partial charge in [0.15, 0.2) is 5.16 Å². The number of para-hydroxylation sites is 2. The molecule has 0 bridgehead atoms. The summed E-state index contributed by atoms with van der Waals surface area (Å²) in [4.78, 5) is 8.16. The Morgan fingerprint density at radius 3 is 2.62 bits per heavy atom. The fourth-order valence-electron chi connectivity index (χ4n) is 1.86. The van der Waals surface area contributed by atoms with Crippen molar-refractivity contribution in [3.05, 3.63) is 42.5 Å². The fraction of sp³-hybridized carbons (Fsp3) is 0. The third kappa shape index (κ3) is 2.87. The molecule has 6 nitrogen and oxygen atoms in total. The summed E-state index contributed by atoms with van der Waals surface area (Å²) in [5, 5.41) is 5.76. The first kappa shape index (κ1) is 13.9. The molecule has 3 aromatic rings. The molecule has 8 heteroatoms. The van der Waals surface area contributed by atoms with E-state index < -0.39 is 10.0 Å². The largest absolute Gasteiger partial charge is 0.398 e. The van der Waals surface area contributed by atoms with Gasteiger partial charge in [0.05, 0.1) is 15.9 Å². The average Bonchev–Trinajstić information content (AvgIpc) is 2.82. The maximum atomic E-state index is 11.4. The van der Waals surface area contributed by atoms with E-state index in [2.05, 4.69) is 9.97 Å². The molecule has 0 saturated heterocycles. The monoisotopic (exact) mass is 320 g/mol. The van der Waals surface area contributed by atoms with Gasteiger partial charge in [0.1, 0.15) is 0 Å². The second kappa shape index (κ2) is 5.06. The zero-order valence-corrected chi connectivity index (χ0v) is 12.4. The number of anilines is 1. The van der Waals surface area contributed by atoms with Crippen molar-refractivity contribution >= 4 is 38.5 Å². The van der Waals surface area contributed by atoms with Gasteiger partial charge in [0, 0.05) is 10.6 Å². The Labute approximate surface area is 125 Å². The number of fused-ring (bicyclic) bond motifs is 1. The van der Waals surface area contributed by atoms with Crippen molar-refractivity contribution in [3.63, 3.8) is 0 Å². The Kier molecular flexibility index (Phi) is 3.36. The summed E-state index contributed by atoms with van der Waals surface area (Å²) in [6, 6.07) is 12.0. The van der Waals surface area contributed by atoms with E-state index in [-0.39, 0.29) is 4.90 Å². The van der Waals surface area contributed by atoms with Gasteiger partial charge in [-0.2, -0.15) is 0 Å². The number of nitrogen functional groups attached to an aromatic ring is 1. The van der Waals surface area contributed by atoms with Crippen LogP contribution in [-0.4, -0.2) is 18.4 Å². The Morgan fingerprint density at radius 1 is 1.14 bits per heavy atom. The van der Waals surface area contributed by atoms with Gasteiger partial charge in [0.2, 0.25) is 10.0 Å². The first-order chi connectivity index (χ1) is 9.93. The lowest BCUT2D eigenvalue weighted by molar-refractivity contribution is 0.597. The molecule has 0 fully saturated rings. The average molecular weight is 320 g/mol. The molecule has 0 spiro atoms. The second-order valence-corrected chi connectivity index (χ2v) is 7.00. The Morgan fingerprint density at radius 2 is 1.90 bits per heavy atom. The molecule has 1 aromatic heterocycles. The summed E-state index contributed by atoms with van der Waals surface area (Å²) in [5.74, 6) is 0. The van der Waals surface area contributed by atoms with Crippen LogP contribution >= 0.6 is 11.8 Å². The highest BCUT2D eigenvalue weighted by Gasteiger charge is 2.12. The number of aromatic amines is 1. The molecule has 0 atom stereocenters. The maximum Gasteiger partial charge on any atom is 0.238 e. The number of H-pyrrole nitrogens is 1. The first-order valence-electron chi connectivity index (χ1n) is 5.98. The molecule has 108 valence electrons. The smallest absolute Gasteiger partial charge is 0.238 e.